The molecule has 6 rings (SSSR count). The molecule has 0 unspecified atom stereocenters. The molecule has 0 amide bonds. The van der Waals surface area contributed by atoms with Crippen LogP contribution >= 0.6 is 0 Å². The molecular weight excluding hydrogens is 336 g/mol. The standard InChI is InChI=1S/C20H28O6/c1-9-10-4-5-11-18-8-26-20(25,19(11,14(9)22)15(10)23)16(24)13(18)17(2,3)7-6-12(18)21/h10-13,15-16,21,23-25H,1,4-8H2,2-3H3/t10-,11-,12-,13+,15+,16-,18+,19-,20-/m0/s1. The predicted octanol–water partition coefficient (Wildman–Crippen LogP) is 0.376. The second-order valence-electron chi connectivity index (χ2n) is 9.97. The maximum absolute atomic E-state index is 13.3. The van der Waals surface area contributed by atoms with Crippen LogP contribution in [-0.2, 0) is 9.53 Å². The number of ether oxygens (including phenoxy) is 1. The van der Waals surface area contributed by atoms with Gasteiger partial charge in [0.15, 0.2) is 5.78 Å². The first-order valence-electron chi connectivity index (χ1n) is 9.71. The Bertz CT molecular complexity index is 717. The second-order valence-corrected chi connectivity index (χ2v) is 9.97. The molecule has 4 bridgehead atoms. The highest BCUT2D eigenvalue weighted by molar-refractivity contribution is 6.05. The highest BCUT2D eigenvalue weighted by atomic mass is 16.6. The Labute approximate surface area is 152 Å². The number of hydrogen-bond acceptors (Lipinski definition) is 6. The molecule has 9 atom stereocenters. The Morgan fingerprint density at radius 1 is 1.12 bits per heavy atom. The number of rotatable bonds is 0. The van der Waals surface area contributed by atoms with Crippen LogP contribution in [-0.4, -0.2) is 56.9 Å². The van der Waals surface area contributed by atoms with E-state index in [1.165, 1.54) is 0 Å². The first-order chi connectivity index (χ1) is 12.1. The molecule has 0 aromatic carbocycles. The molecule has 26 heavy (non-hydrogen) atoms. The monoisotopic (exact) mass is 364 g/mol. The van der Waals surface area contributed by atoms with Gasteiger partial charge in [0.1, 0.15) is 11.5 Å². The molecule has 6 aliphatic rings. The lowest BCUT2D eigenvalue weighted by Crippen LogP contribution is -2.85. The van der Waals surface area contributed by atoms with Crippen molar-refractivity contribution in [3.8, 4) is 0 Å². The van der Waals surface area contributed by atoms with Gasteiger partial charge in [-0.25, -0.2) is 0 Å². The molecule has 4 saturated carbocycles. The molecule has 2 spiro atoms. The highest BCUT2D eigenvalue weighted by Crippen LogP contribution is 2.76. The fourth-order valence-electron chi connectivity index (χ4n) is 7.90. The van der Waals surface area contributed by atoms with E-state index in [0.29, 0.717) is 24.8 Å². The molecule has 6 fully saturated rings. The van der Waals surface area contributed by atoms with Crippen LogP contribution in [0.15, 0.2) is 12.2 Å². The van der Waals surface area contributed by atoms with Gasteiger partial charge in [-0.05, 0) is 42.6 Å². The number of carbonyl (C=O) groups is 1. The molecule has 6 nitrogen and oxygen atoms in total. The average molecular weight is 364 g/mol. The van der Waals surface area contributed by atoms with Gasteiger partial charge < -0.3 is 25.2 Å². The van der Waals surface area contributed by atoms with E-state index >= 15 is 0 Å². The van der Waals surface area contributed by atoms with Crippen molar-refractivity contribution in [2.45, 2.75) is 63.6 Å². The van der Waals surface area contributed by atoms with E-state index in [0.717, 1.165) is 6.42 Å². The minimum Gasteiger partial charge on any atom is -0.392 e. The van der Waals surface area contributed by atoms with Crippen LogP contribution in [0.25, 0.3) is 0 Å². The van der Waals surface area contributed by atoms with Crippen LogP contribution in [0.3, 0.4) is 0 Å². The Morgan fingerprint density at radius 3 is 2.50 bits per heavy atom. The topological polar surface area (TPSA) is 107 Å². The van der Waals surface area contributed by atoms with Crippen molar-refractivity contribution in [1.82, 2.24) is 0 Å². The maximum atomic E-state index is 13.3. The van der Waals surface area contributed by atoms with Gasteiger partial charge in [0.2, 0.25) is 5.79 Å². The van der Waals surface area contributed by atoms with Gasteiger partial charge in [0.25, 0.3) is 0 Å². The van der Waals surface area contributed by atoms with Crippen LogP contribution in [0.4, 0.5) is 0 Å². The van der Waals surface area contributed by atoms with Crippen LogP contribution < -0.4 is 0 Å². The average Bonchev–Trinajstić information content (AvgIpc) is 2.69. The van der Waals surface area contributed by atoms with Crippen LogP contribution in [0.2, 0.25) is 0 Å². The van der Waals surface area contributed by atoms with Crippen LogP contribution in [0.1, 0.15) is 39.5 Å². The summed E-state index contributed by atoms with van der Waals surface area (Å²) < 4.78 is 5.80. The fraction of sp³-hybridized carbons (Fsp3) is 0.850. The zero-order chi connectivity index (χ0) is 18.9. The quantitative estimate of drug-likeness (QED) is 0.463. The number of hydrogen-bond donors (Lipinski definition) is 4. The van der Waals surface area contributed by atoms with Gasteiger partial charge in [-0.2, -0.15) is 0 Å². The van der Waals surface area contributed by atoms with E-state index in [2.05, 4.69) is 6.58 Å². The Morgan fingerprint density at radius 2 is 1.81 bits per heavy atom. The molecule has 4 N–H and O–H groups in total. The van der Waals surface area contributed by atoms with Crippen molar-refractivity contribution < 1.29 is 30.0 Å². The molecule has 6 heteroatoms. The number of ketones is 1. The lowest BCUT2D eigenvalue weighted by Gasteiger charge is -2.74. The summed E-state index contributed by atoms with van der Waals surface area (Å²) in [5.74, 6) is -3.80. The molecule has 2 aliphatic heterocycles. The number of Topliss-reactive ketones (excluding diaryl/α,β-unsaturated/α-hetero) is 1. The molecule has 144 valence electrons. The smallest absolute Gasteiger partial charge is 0.208 e. The Balaban J connectivity index is 1.81. The van der Waals surface area contributed by atoms with E-state index in [4.69, 9.17) is 4.74 Å². The molecular formula is C20H28O6. The van der Waals surface area contributed by atoms with E-state index < -0.39 is 58.5 Å². The van der Waals surface area contributed by atoms with Gasteiger partial charge in [0.05, 0.1) is 18.8 Å². The molecule has 0 aromatic rings. The second kappa shape index (κ2) is 4.61. The minimum atomic E-state index is -2.15. The third-order valence-corrected chi connectivity index (χ3v) is 8.88. The van der Waals surface area contributed by atoms with Gasteiger partial charge in [0, 0.05) is 17.3 Å². The van der Waals surface area contributed by atoms with Crippen molar-refractivity contribution in [2.24, 2.45) is 34.0 Å². The minimum absolute atomic E-state index is 0.0966. The predicted molar refractivity (Wildman–Crippen MR) is 90.7 cm³/mol. The van der Waals surface area contributed by atoms with Crippen molar-refractivity contribution in [3.63, 3.8) is 0 Å². The lowest BCUT2D eigenvalue weighted by molar-refractivity contribution is -0.458. The van der Waals surface area contributed by atoms with E-state index in [-0.39, 0.29) is 12.0 Å². The van der Waals surface area contributed by atoms with Crippen LogP contribution in [0, 0.1) is 34.0 Å². The number of carbonyl (C=O) groups excluding carboxylic acids is 1. The van der Waals surface area contributed by atoms with E-state index in [9.17, 15) is 25.2 Å². The third kappa shape index (κ3) is 1.41. The first kappa shape index (κ1) is 17.3. The van der Waals surface area contributed by atoms with E-state index in [1.807, 2.05) is 13.8 Å². The molecule has 0 aromatic heterocycles. The summed E-state index contributed by atoms with van der Waals surface area (Å²) in [7, 11) is 0. The molecule has 4 aliphatic carbocycles. The number of aliphatic hydroxyl groups excluding tert-OH is 3. The molecule has 2 saturated heterocycles. The third-order valence-electron chi connectivity index (χ3n) is 8.88. The molecule has 0 radical (unpaired) electrons. The SMILES string of the molecule is C=C1C(=O)[C@]23[C@H](O)[C@H]1CC[C@H]2[C@@]12CO[C@@]3(O)[C@@H](O)[C@@H]1C(C)(C)CC[C@@H]2O. The number of fused-ring (bicyclic) bond motifs is 2. The largest absolute Gasteiger partial charge is 0.392 e. The van der Waals surface area contributed by atoms with Gasteiger partial charge >= 0.3 is 0 Å². The van der Waals surface area contributed by atoms with Gasteiger partial charge in [-0.3, -0.25) is 4.79 Å². The van der Waals surface area contributed by atoms with Crippen LogP contribution in [0.5, 0.6) is 0 Å². The van der Waals surface area contributed by atoms with Crippen molar-refractivity contribution in [2.75, 3.05) is 6.61 Å². The zero-order valence-electron chi connectivity index (χ0n) is 15.3. The summed E-state index contributed by atoms with van der Waals surface area (Å²) in [6.07, 6.45) is -0.747. The van der Waals surface area contributed by atoms with Gasteiger partial charge in [-0.1, -0.05) is 20.4 Å². The fourth-order valence-corrected chi connectivity index (χ4v) is 7.90. The van der Waals surface area contributed by atoms with Crippen molar-refractivity contribution in [1.29, 1.82) is 0 Å². The summed E-state index contributed by atoms with van der Waals surface area (Å²) in [5.41, 5.74) is -2.49. The van der Waals surface area contributed by atoms with Crippen molar-refractivity contribution >= 4 is 5.78 Å². The first-order valence-corrected chi connectivity index (χ1v) is 9.71. The lowest BCUT2D eigenvalue weighted by atomic mass is 9.35. The highest BCUT2D eigenvalue weighted by Gasteiger charge is 2.86. The summed E-state index contributed by atoms with van der Waals surface area (Å²) in [5, 5.41) is 45.1. The Hall–Kier alpha value is -0.790. The maximum Gasteiger partial charge on any atom is 0.208 e. The summed E-state index contributed by atoms with van der Waals surface area (Å²) in [6.45, 7) is 8.07. The number of aliphatic hydroxyl groups is 4. The summed E-state index contributed by atoms with van der Waals surface area (Å²) >= 11 is 0. The zero-order valence-corrected chi connectivity index (χ0v) is 15.3. The Kier molecular flexibility index (Phi) is 3.07. The summed E-state index contributed by atoms with van der Waals surface area (Å²) in [6, 6.07) is 0. The molecule has 2 heterocycles. The summed E-state index contributed by atoms with van der Waals surface area (Å²) in [4.78, 5) is 13.3. The normalized spacial score (nSPS) is 59.9. The van der Waals surface area contributed by atoms with Gasteiger partial charge in [-0.15, -0.1) is 0 Å². The van der Waals surface area contributed by atoms with Crippen molar-refractivity contribution in [3.05, 3.63) is 12.2 Å². The van der Waals surface area contributed by atoms with E-state index in [1.54, 1.807) is 0 Å².